The number of benzene rings is 1. The SMILES string of the molecule is Cc1ccc(F)c(-c2nc(Cl)nc(-n3cncn3)n2)c1F. The molecular formula is C12H7ClF2N6. The molecule has 106 valence electrons. The summed E-state index contributed by atoms with van der Waals surface area (Å²) < 4.78 is 29.3. The van der Waals surface area contributed by atoms with Gasteiger partial charge in [-0.1, -0.05) is 6.07 Å². The standard InChI is InChI=1S/C12H7ClF2N6/c1-6-2-3-7(14)8(9(6)15)10-18-11(13)20-12(19-10)21-5-16-4-17-21/h2-5H,1H3. The second kappa shape index (κ2) is 5.13. The highest BCUT2D eigenvalue weighted by Crippen LogP contribution is 2.26. The first-order valence-electron chi connectivity index (χ1n) is 5.78. The van der Waals surface area contributed by atoms with Gasteiger partial charge in [-0.05, 0) is 30.2 Å². The van der Waals surface area contributed by atoms with E-state index in [1.807, 2.05) is 0 Å². The van der Waals surface area contributed by atoms with E-state index >= 15 is 0 Å². The highest BCUT2D eigenvalue weighted by Gasteiger charge is 2.18. The zero-order valence-corrected chi connectivity index (χ0v) is 11.4. The minimum Gasteiger partial charge on any atom is -0.223 e. The molecule has 0 radical (unpaired) electrons. The summed E-state index contributed by atoms with van der Waals surface area (Å²) >= 11 is 5.79. The summed E-state index contributed by atoms with van der Waals surface area (Å²) in [6, 6.07) is 2.47. The Morgan fingerprint density at radius 1 is 1.14 bits per heavy atom. The van der Waals surface area contributed by atoms with Gasteiger partial charge in [0.05, 0.1) is 5.56 Å². The fourth-order valence-electron chi connectivity index (χ4n) is 1.73. The second-order valence-electron chi connectivity index (χ2n) is 4.12. The molecule has 0 unspecified atom stereocenters. The minimum absolute atomic E-state index is 0.0165. The van der Waals surface area contributed by atoms with Crippen molar-refractivity contribution in [3.8, 4) is 17.3 Å². The molecule has 0 aliphatic carbocycles. The van der Waals surface area contributed by atoms with Crippen LogP contribution in [0.15, 0.2) is 24.8 Å². The number of halogens is 3. The molecule has 9 heteroatoms. The molecule has 0 bridgehead atoms. The predicted molar refractivity (Wildman–Crippen MR) is 69.8 cm³/mol. The first-order valence-corrected chi connectivity index (χ1v) is 6.15. The van der Waals surface area contributed by atoms with Crippen molar-refractivity contribution < 1.29 is 8.78 Å². The molecule has 0 fully saturated rings. The lowest BCUT2D eigenvalue weighted by Crippen LogP contribution is -2.07. The summed E-state index contributed by atoms with van der Waals surface area (Å²) in [7, 11) is 0. The van der Waals surface area contributed by atoms with Gasteiger partial charge in [-0.2, -0.15) is 24.7 Å². The van der Waals surface area contributed by atoms with Crippen LogP contribution in [0.4, 0.5) is 8.78 Å². The quantitative estimate of drug-likeness (QED) is 0.727. The first kappa shape index (κ1) is 13.5. The van der Waals surface area contributed by atoms with Crippen LogP contribution in [0.2, 0.25) is 5.28 Å². The third-order valence-corrected chi connectivity index (χ3v) is 2.90. The molecule has 2 aromatic heterocycles. The molecule has 0 saturated carbocycles. The van der Waals surface area contributed by atoms with Gasteiger partial charge in [0.25, 0.3) is 5.95 Å². The molecular weight excluding hydrogens is 302 g/mol. The maximum atomic E-state index is 14.1. The van der Waals surface area contributed by atoms with Gasteiger partial charge in [0.1, 0.15) is 24.3 Å². The smallest absolute Gasteiger partial charge is 0.223 e. The number of rotatable bonds is 2. The lowest BCUT2D eigenvalue weighted by molar-refractivity contribution is 0.581. The Balaban J connectivity index is 2.23. The topological polar surface area (TPSA) is 69.4 Å². The van der Waals surface area contributed by atoms with Crippen molar-refractivity contribution in [2.75, 3.05) is 0 Å². The minimum atomic E-state index is -0.787. The summed E-state index contributed by atoms with van der Waals surface area (Å²) in [4.78, 5) is 15.3. The lowest BCUT2D eigenvalue weighted by atomic mass is 10.1. The van der Waals surface area contributed by atoms with Crippen molar-refractivity contribution in [1.82, 2.24) is 29.7 Å². The Morgan fingerprint density at radius 2 is 1.95 bits per heavy atom. The third-order valence-electron chi connectivity index (χ3n) is 2.73. The van der Waals surface area contributed by atoms with E-state index in [0.717, 1.165) is 6.07 Å². The highest BCUT2D eigenvalue weighted by atomic mass is 35.5. The molecule has 0 amide bonds. The van der Waals surface area contributed by atoms with E-state index in [4.69, 9.17) is 11.6 Å². The van der Waals surface area contributed by atoms with Crippen LogP contribution >= 0.6 is 11.6 Å². The van der Waals surface area contributed by atoms with Crippen LogP contribution in [0.3, 0.4) is 0 Å². The van der Waals surface area contributed by atoms with Gasteiger partial charge >= 0.3 is 0 Å². The number of hydrogen-bond donors (Lipinski definition) is 0. The monoisotopic (exact) mass is 308 g/mol. The van der Waals surface area contributed by atoms with Crippen LogP contribution in [0.1, 0.15) is 5.56 Å². The van der Waals surface area contributed by atoms with Crippen molar-refractivity contribution in [3.63, 3.8) is 0 Å². The zero-order chi connectivity index (χ0) is 15.0. The Morgan fingerprint density at radius 3 is 2.67 bits per heavy atom. The summed E-state index contributed by atoms with van der Waals surface area (Å²) in [5, 5.41) is 3.63. The summed E-state index contributed by atoms with van der Waals surface area (Å²) in [6.45, 7) is 1.51. The molecule has 0 atom stereocenters. The molecule has 3 aromatic rings. The number of aryl methyl sites for hydroxylation is 1. The van der Waals surface area contributed by atoms with Crippen molar-refractivity contribution in [1.29, 1.82) is 0 Å². The van der Waals surface area contributed by atoms with E-state index in [1.54, 1.807) is 0 Å². The fourth-order valence-corrected chi connectivity index (χ4v) is 1.88. The van der Waals surface area contributed by atoms with Crippen LogP contribution in [-0.2, 0) is 0 Å². The van der Waals surface area contributed by atoms with Crippen LogP contribution < -0.4 is 0 Å². The first-order chi connectivity index (χ1) is 10.1. The lowest BCUT2D eigenvalue weighted by Gasteiger charge is -2.07. The molecule has 0 saturated heterocycles. The fraction of sp³-hybridized carbons (Fsp3) is 0.0833. The van der Waals surface area contributed by atoms with Crippen LogP contribution in [0.25, 0.3) is 17.3 Å². The molecule has 2 heterocycles. The highest BCUT2D eigenvalue weighted by molar-refractivity contribution is 6.28. The zero-order valence-electron chi connectivity index (χ0n) is 10.6. The largest absolute Gasteiger partial charge is 0.256 e. The van der Waals surface area contributed by atoms with E-state index in [1.165, 1.54) is 30.3 Å². The Kier molecular flexibility index (Phi) is 3.30. The van der Waals surface area contributed by atoms with Gasteiger partial charge in [-0.3, -0.25) is 0 Å². The van der Waals surface area contributed by atoms with Gasteiger partial charge in [-0.15, -0.1) is 0 Å². The van der Waals surface area contributed by atoms with Crippen molar-refractivity contribution >= 4 is 11.6 Å². The van der Waals surface area contributed by atoms with E-state index in [0.29, 0.717) is 0 Å². The second-order valence-corrected chi connectivity index (χ2v) is 4.46. The molecule has 0 N–H and O–H groups in total. The Bertz CT molecular complexity index is 806. The van der Waals surface area contributed by atoms with Crippen LogP contribution in [-0.4, -0.2) is 29.7 Å². The van der Waals surface area contributed by atoms with E-state index < -0.39 is 11.6 Å². The molecule has 0 spiro atoms. The van der Waals surface area contributed by atoms with Crippen molar-refractivity contribution in [2.45, 2.75) is 6.92 Å². The number of hydrogen-bond acceptors (Lipinski definition) is 5. The predicted octanol–water partition coefficient (Wildman–Crippen LogP) is 2.36. The Hall–Kier alpha value is -2.48. The van der Waals surface area contributed by atoms with E-state index in [-0.39, 0.29) is 28.2 Å². The van der Waals surface area contributed by atoms with Crippen LogP contribution in [0, 0.1) is 18.6 Å². The molecule has 21 heavy (non-hydrogen) atoms. The summed E-state index contributed by atoms with van der Waals surface area (Å²) in [5.74, 6) is -1.73. The van der Waals surface area contributed by atoms with Gasteiger partial charge in [-0.25, -0.2) is 13.8 Å². The average molecular weight is 309 g/mol. The summed E-state index contributed by atoms with van der Waals surface area (Å²) in [6.07, 6.45) is 2.60. The van der Waals surface area contributed by atoms with Crippen LogP contribution in [0.5, 0.6) is 0 Å². The molecule has 0 aliphatic rings. The van der Waals surface area contributed by atoms with Gasteiger partial charge < -0.3 is 0 Å². The third kappa shape index (κ3) is 2.45. The van der Waals surface area contributed by atoms with Gasteiger partial charge in [0.15, 0.2) is 5.82 Å². The maximum Gasteiger partial charge on any atom is 0.256 e. The van der Waals surface area contributed by atoms with Gasteiger partial charge in [0, 0.05) is 0 Å². The molecule has 3 rings (SSSR count). The molecule has 6 nitrogen and oxygen atoms in total. The summed E-state index contributed by atoms with van der Waals surface area (Å²) in [5.41, 5.74) is -0.0918. The normalized spacial score (nSPS) is 10.9. The van der Waals surface area contributed by atoms with Crippen molar-refractivity contribution in [2.24, 2.45) is 0 Å². The average Bonchev–Trinajstić information content (AvgIpc) is 2.97. The maximum absolute atomic E-state index is 14.1. The van der Waals surface area contributed by atoms with E-state index in [2.05, 4.69) is 25.0 Å². The number of nitrogens with zero attached hydrogens (tertiary/aromatic N) is 6. The molecule has 1 aromatic carbocycles. The Labute approximate surface area is 122 Å². The number of aromatic nitrogens is 6. The molecule has 0 aliphatic heterocycles. The van der Waals surface area contributed by atoms with Gasteiger partial charge in [0.2, 0.25) is 5.28 Å². The van der Waals surface area contributed by atoms with E-state index in [9.17, 15) is 8.78 Å². The van der Waals surface area contributed by atoms with Crippen molar-refractivity contribution in [3.05, 3.63) is 47.3 Å².